The Labute approximate surface area is 113 Å². The zero-order valence-corrected chi connectivity index (χ0v) is 13.0. The summed E-state index contributed by atoms with van der Waals surface area (Å²) in [6, 6.07) is 0.0285. The first-order chi connectivity index (χ1) is 8.35. The minimum Gasteiger partial charge on any atom is -0.322 e. The fourth-order valence-electron chi connectivity index (χ4n) is 2.59. The Morgan fingerprint density at radius 1 is 1.50 bits per heavy atom. The Morgan fingerprint density at radius 3 is 2.56 bits per heavy atom. The molecule has 1 saturated heterocycles. The largest absolute Gasteiger partial charge is 0.322 e. The molecule has 5 heteroatoms. The van der Waals surface area contributed by atoms with Crippen LogP contribution in [0.2, 0.25) is 0 Å². The highest BCUT2D eigenvalue weighted by Crippen LogP contribution is 2.27. The highest BCUT2D eigenvalue weighted by Gasteiger charge is 2.47. The van der Waals surface area contributed by atoms with Gasteiger partial charge in [0.15, 0.2) is 0 Å². The average molecular weight is 274 g/mol. The number of carbonyl (C=O) groups excluding carboxylic acids is 1. The van der Waals surface area contributed by atoms with E-state index in [1.54, 1.807) is 6.26 Å². The molecular weight excluding hydrogens is 248 g/mol. The van der Waals surface area contributed by atoms with Crippen molar-refractivity contribution < 1.29 is 9.00 Å². The predicted octanol–water partition coefficient (Wildman–Crippen LogP) is 1.48. The van der Waals surface area contributed by atoms with Gasteiger partial charge in [-0.1, -0.05) is 20.3 Å². The molecule has 1 N–H and O–H groups in total. The van der Waals surface area contributed by atoms with E-state index in [1.807, 2.05) is 25.7 Å². The minimum absolute atomic E-state index is 0.0285. The molecule has 1 aliphatic rings. The summed E-state index contributed by atoms with van der Waals surface area (Å²) < 4.78 is 11.4. The Hall–Kier alpha value is -0.420. The average Bonchev–Trinajstić information content (AvgIpc) is 2.51. The molecule has 0 bridgehead atoms. The summed E-state index contributed by atoms with van der Waals surface area (Å²) in [6.07, 6.45) is 4.54. The van der Waals surface area contributed by atoms with Crippen molar-refractivity contribution in [3.05, 3.63) is 0 Å². The van der Waals surface area contributed by atoms with Crippen molar-refractivity contribution in [2.45, 2.75) is 64.7 Å². The van der Waals surface area contributed by atoms with E-state index < -0.39 is 16.3 Å². The molecule has 0 aromatic carbocycles. The Bertz CT molecular complexity index is 335. The molecule has 1 rings (SSSR count). The van der Waals surface area contributed by atoms with E-state index in [4.69, 9.17) is 0 Å². The lowest BCUT2D eigenvalue weighted by Gasteiger charge is -2.30. The minimum atomic E-state index is -0.874. The van der Waals surface area contributed by atoms with Crippen molar-refractivity contribution in [2.75, 3.05) is 12.0 Å². The van der Waals surface area contributed by atoms with E-state index in [1.165, 1.54) is 0 Å². The molecule has 0 radical (unpaired) electrons. The van der Waals surface area contributed by atoms with Gasteiger partial charge in [-0.3, -0.25) is 14.3 Å². The SMILES string of the molecule is CCCC1NC(C)(CC)C(=O)N1C(C)CS(C)=O. The van der Waals surface area contributed by atoms with Gasteiger partial charge in [0.25, 0.3) is 0 Å². The number of nitrogens with zero attached hydrogens (tertiary/aromatic N) is 1. The molecule has 0 aromatic rings. The van der Waals surface area contributed by atoms with Crippen LogP contribution in [0.4, 0.5) is 0 Å². The zero-order chi connectivity index (χ0) is 13.9. The number of hydrogen-bond acceptors (Lipinski definition) is 3. The monoisotopic (exact) mass is 274 g/mol. The van der Waals surface area contributed by atoms with Gasteiger partial charge < -0.3 is 4.90 Å². The smallest absolute Gasteiger partial charge is 0.244 e. The molecule has 4 nitrogen and oxygen atoms in total. The van der Waals surface area contributed by atoms with E-state index >= 15 is 0 Å². The highest BCUT2D eigenvalue weighted by molar-refractivity contribution is 7.84. The first kappa shape index (κ1) is 15.6. The van der Waals surface area contributed by atoms with Crippen LogP contribution in [0.25, 0.3) is 0 Å². The van der Waals surface area contributed by atoms with Crippen LogP contribution in [0.3, 0.4) is 0 Å². The lowest BCUT2D eigenvalue weighted by Crippen LogP contribution is -2.46. The summed E-state index contributed by atoms with van der Waals surface area (Å²) in [7, 11) is -0.874. The highest BCUT2D eigenvalue weighted by atomic mass is 32.2. The van der Waals surface area contributed by atoms with E-state index in [-0.39, 0.29) is 18.1 Å². The van der Waals surface area contributed by atoms with Crippen LogP contribution in [0.5, 0.6) is 0 Å². The third-order valence-electron chi connectivity index (χ3n) is 3.75. The molecule has 1 amide bonds. The van der Waals surface area contributed by atoms with E-state index in [0.717, 1.165) is 19.3 Å². The van der Waals surface area contributed by atoms with Crippen molar-refractivity contribution in [1.82, 2.24) is 10.2 Å². The van der Waals surface area contributed by atoms with Crippen molar-refractivity contribution in [2.24, 2.45) is 0 Å². The van der Waals surface area contributed by atoms with Crippen LogP contribution in [0, 0.1) is 0 Å². The Morgan fingerprint density at radius 2 is 2.11 bits per heavy atom. The summed E-state index contributed by atoms with van der Waals surface area (Å²) in [4.78, 5) is 14.4. The third-order valence-corrected chi connectivity index (χ3v) is 4.70. The first-order valence-electron chi connectivity index (χ1n) is 6.76. The van der Waals surface area contributed by atoms with Gasteiger partial charge >= 0.3 is 0 Å². The van der Waals surface area contributed by atoms with E-state index in [2.05, 4.69) is 12.2 Å². The lowest BCUT2D eigenvalue weighted by molar-refractivity contribution is -0.134. The van der Waals surface area contributed by atoms with Crippen molar-refractivity contribution in [3.8, 4) is 0 Å². The second-order valence-corrected chi connectivity index (χ2v) is 6.92. The predicted molar refractivity (Wildman–Crippen MR) is 75.8 cm³/mol. The number of nitrogens with one attached hydrogen (secondary N) is 1. The number of carbonyl (C=O) groups is 1. The summed E-state index contributed by atoms with van der Waals surface area (Å²) in [5.41, 5.74) is -0.455. The van der Waals surface area contributed by atoms with Crippen molar-refractivity contribution >= 4 is 16.7 Å². The Kier molecular flexibility index (Phi) is 5.34. The van der Waals surface area contributed by atoms with Crippen LogP contribution < -0.4 is 5.32 Å². The summed E-state index contributed by atoms with van der Waals surface area (Å²) in [5.74, 6) is 0.703. The zero-order valence-electron chi connectivity index (χ0n) is 12.2. The van der Waals surface area contributed by atoms with E-state index in [0.29, 0.717) is 5.75 Å². The van der Waals surface area contributed by atoms with Gasteiger partial charge in [0.1, 0.15) is 0 Å². The first-order valence-corrected chi connectivity index (χ1v) is 8.49. The van der Waals surface area contributed by atoms with Gasteiger partial charge in [-0.2, -0.15) is 0 Å². The van der Waals surface area contributed by atoms with Gasteiger partial charge in [-0.05, 0) is 26.7 Å². The molecule has 0 aromatic heterocycles. The van der Waals surface area contributed by atoms with Gasteiger partial charge in [0, 0.05) is 28.9 Å². The van der Waals surface area contributed by atoms with Crippen LogP contribution in [0.15, 0.2) is 0 Å². The van der Waals surface area contributed by atoms with Crippen molar-refractivity contribution in [3.63, 3.8) is 0 Å². The molecule has 4 atom stereocenters. The molecule has 0 aliphatic carbocycles. The maximum Gasteiger partial charge on any atom is 0.244 e. The van der Waals surface area contributed by atoms with Crippen LogP contribution in [-0.2, 0) is 15.6 Å². The summed E-state index contributed by atoms with van der Waals surface area (Å²) in [6.45, 7) is 8.10. The van der Waals surface area contributed by atoms with Crippen LogP contribution >= 0.6 is 0 Å². The molecule has 4 unspecified atom stereocenters. The fraction of sp³-hybridized carbons (Fsp3) is 0.923. The molecule has 18 heavy (non-hydrogen) atoms. The molecular formula is C13H26N2O2S. The number of hydrogen-bond donors (Lipinski definition) is 1. The van der Waals surface area contributed by atoms with Crippen LogP contribution in [0.1, 0.15) is 47.0 Å². The van der Waals surface area contributed by atoms with Gasteiger partial charge in [-0.15, -0.1) is 0 Å². The summed E-state index contributed by atoms with van der Waals surface area (Å²) >= 11 is 0. The standard InChI is InChI=1S/C13H26N2O2S/c1-6-8-11-14-13(4,7-2)12(16)15(11)10(3)9-18(5)17/h10-11,14H,6-9H2,1-5H3. The second kappa shape index (κ2) is 6.15. The lowest BCUT2D eigenvalue weighted by atomic mass is 9.99. The quantitative estimate of drug-likeness (QED) is 0.798. The van der Waals surface area contributed by atoms with Gasteiger partial charge in [-0.25, -0.2) is 0 Å². The maximum atomic E-state index is 12.5. The molecule has 1 fully saturated rings. The maximum absolute atomic E-state index is 12.5. The van der Waals surface area contributed by atoms with Gasteiger partial charge in [0.2, 0.25) is 5.91 Å². The number of amides is 1. The summed E-state index contributed by atoms with van der Waals surface area (Å²) in [5, 5.41) is 3.45. The van der Waals surface area contributed by atoms with Crippen LogP contribution in [-0.4, -0.2) is 44.8 Å². The fourth-order valence-corrected chi connectivity index (χ4v) is 3.43. The molecule has 106 valence electrons. The molecule has 0 saturated carbocycles. The molecule has 0 spiro atoms. The number of rotatable bonds is 6. The Balaban J connectivity index is 2.90. The van der Waals surface area contributed by atoms with Gasteiger partial charge in [0.05, 0.1) is 11.7 Å². The topological polar surface area (TPSA) is 49.4 Å². The van der Waals surface area contributed by atoms with E-state index in [9.17, 15) is 9.00 Å². The van der Waals surface area contributed by atoms with Crippen molar-refractivity contribution in [1.29, 1.82) is 0 Å². The normalized spacial score (nSPS) is 31.7. The second-order valence-electron chi connectivity index (χ2n) is 5.44. The molecule has 1 aliphatic heterocycles. The molecule has 1 heterocycles. The third kappa shape index (κ3) is 3.12.